The summed E-state index contributed by atoms with van der Waals surface area (Å²) in [6.45, 7) is 11.8. The minimum atomic E-state index is 0. The third-order valence-electron chi connectivity index (χ3n) is 5.23. The van der Waals surface area contributed by atoms with Gasteiger partial charge in [-0.15, -0.1) is 34.2 Å². The second kappa shape index (κ2) is 15.9. The maximum atomic E-state index is 6.11. The van der Waals surface area contributed by atoms with E-state index < -0.39 is 0 Å². The Bertz CT molecular complexity index is 853. The van der Waals surface area contributed by atoms with Gasteiger partial charge in [0, 0.05) is 32.9 Å². The number of guanidine groups is 1. The molecule has 0 saturated carbocycles. The van der Waals surface area contributed by atoms with Crippen molar-refractivity contribution in [1.82, 2.24) is 25.4 Å². The van der Waals surface area contributed by atoms with E-state index in [2.05, 4.69) is 59.8 Å². The lowest BCUT2D eigenvalue weighted by Crippen LogP contribution is -2.38. The number of ether oxygens (including phenoxy) is 2. The average Bonchev–Trinajstić information content (AvgIpc) is 3.08. The standard InChI is InChI=1S/C24H40N6O2.HI/c1-18(2)9-7-14-32-22-15-19(3)10-11-21(22)16-26-24(25-12-8-13-31-6)27-17-23-29-28-20(4)30(23)5;/h10-11,15,18H,7-9,12-14,16-17H2,1-6H3,(H2,25,26,27);1H. The minimum absolute atomic E-state index is 0. The Kier molecular flexibility index (Phi) is 14.0. The zero-order valence-electron chi connectivity index (χ0n) is 21.0. The van der Waals surface area contributed by atoms with E-state index >= 15 is 0 Å². The molecule has 0 aliphatic rings. The van der Waals surface area contributed by atoms with Crippen LogP contribution >= 0.6 is 24.0 Å². The lowest BCUT2D eigenvalue weighted by Gasteiger charge is -2.14. The summed E-state index contributed by atoms with van der Waals surface area (Å²) in [5, 5.41) is 15.1. The molecule has 186 valence electrons. The van der Waals surface area contributed by atoms with E-state index in [4.69, 9.17) is 14.5 Å². The molecule has 0 spiro atoms. The summed E-state index contributed by atoms with van der Waals surface area (Å²) in [7, 11) is 3.67. The first-order valence-electron chi connectivity index (χ1n) is 11.5. The molecule has 1 aromatic carbocycles. The Morgan fingerprint density at radius 2 is 1.91 bits per heavy atom. The van der Waals surface area contributed by atoms with Crippen molar-refractivity contribution in [2.45, 2.75) is 60.0 Å². The number of rotatable bonds is 13. The fraction of sp³-hybridized carbons (Fsp3) is 0.625. The predicted molar refractivity (Wildman–Crippen MR) is 144 cm³/mol. The molecule has 9 heteroatoms. The van der Waals surface area contributed by atoms with Crippen LogP contribution in [0.15, 0.2) is 23.2 Å². The Morgan fingerprint density at radius 3 is 2.58 bits per heavy atom. The van der Waals surface area contributed by atoms with Crippen molar-refractivity contribution in [3.8, 4) is 5.75 Å². The van der Waals surface area contributed by atoms with E-state index in [9.17, 15) is 0 Å². The highest BCUT2D eigenvalue weighted by atomic mass is 127. The number of halogens is 1. The number of methoxy groups -OCH3 is 1. The molecule has 0 aliphatic heterocycles. The number of nitrogens with zero attached hydrogens (tertiary/aromatic N) is 4. The number of hydrogen-bond acceptors (Lipinski definition) is 5. The van der Waals surface area contributed by atoms with Gasteiger partial charge < -0.3 is 24.7 Å². The van der Waals surface area contributed by atoms with Crippen LogP contribution in [0.1, 0.15) is 55.9 Å². The molecule has 2 aromatic rings. The molecule has 0 saturated heterocycles. The molecule has 1 aromatic heterocycles. The highest BCUT2D eigenvalue weighted by Gasteiger charge is 2.08. The summed E-state index contributed by atoms with van der Waals surface area (Å²) in [6, 6.07) is 6.31. The maximum Gasteiger partial charge on any atom is 0.191 e. The third kappa shape index (κ3) is 10.7. The van der Waals surface area contributed by atoms with Crippen molar-refractivity contribution in [3.63, 3.8) is 0 Å². The smallest absolute Gasteiger partial charge is 0.191 e. The first-order valence-corrected chi connectivity index (χ1v) is 11.5. The third-order valence-corrected chi connectivity index (χ3v) is 5.23. The molecule has 0 unspecified atom stereocenters. The molecule has 2 N–H and O–H groups in total. The maximum absolute atomic E-state index is 6.11. The summed E-state index contributed by atoms with van der Waals surface area (Å²) < 4.78 is 13.2. The second-order valence-corrected chi connectivity index (χ2v) is 8.51. The van der Waals surface area contributed by atoms with E-state index in [1.807, 2.05) is 18.5 Å². The van der Waals surface area contributed by atoms with Gasteiger partial charge in [-0.1, -0.05) is 26.0 Å². The molecule has 0 aliphatic carbocycles. The SMILES string of the molecule is COCCCNC(=NCc1ccc(C)cc1OCCCC(C)C)NCc1nnc(C)n1C.I. The van der Waals surface area contributed by atoms with Crippen LogP contribution < -0.4 is 15.4 Å². The Balaban J connectivity index is 0.00000544. The van der Waals surface area contributed by atoms with Gasteiger partial charge in [-0.2, -0.15) is 0 Å². The molecule has 8 nitrogen and oxygen atoms in total. The Labute approximate surface area is 216 Å². The fourth-order valence-corrected chi connectivity index (χ4v) is 3.13. The molecular formula is C24H41IN6O2. The molecule has 0 fully saturated rings. The van der Waals surface area contributed by atoms with E-state index in [1.54, 1.807) is 7.11 Å². The van der Waals surface area contributed by atoms with E-state index in [0.29, 0.717) is 25.6 Å². The zero-order chi connectivity index (χ0) is 23.3. The minimum Gasteiger partial charge on any atom is -0.493 e. The van der Waals surface area contributed by atoms with Gasteiger partial charge in [-0.05, 0) is 50.7 Å². The number of aromatic nitrogens is 3. The van der Waals surface area contributed by atoms with Crippen LogP contribution in [-0.4, -0.2) is 47.6 Å². The lowest BCUT2D eigenvalue weighted by atomic mass is 10.1. The van der Waals surface area contributed by atoms with Crippen molar-refractivity contribution in [2.75, 3.05) is 26.9 Å². The van der Waals surface area contributed by atoms with Gasteiger partial charge in [0.2, 0.25) is 0 Å². The van der Waals surface area contributed by atoms with Crippen LogP contribution in [0.4, 0.5) is 0 Å². The van der Waals surface area contributed by atoms with Crippen molar-refractivity contribution in [2.24, 2.45) is 18.0 Å². The number of aliphatic imine (C=N–C) groups is 1. The summed E-state index contributed by atoms with van der Waals surface area (Å²) >= 11 is 0. The lowest BCUT2D eigenvalue weighted by molar-refractivity contribution is 0.195. The van der Waals surface area contributed by atoms with Crippen LogP contribution in [0.25, 0.3) is 0 Å². The highest BCUT2D eigenvalue weighted by Crippen LogP contribution is 2.22. The van der Waals surface area contributed by atoms with Crippen molar-refractivity contribution in [3.05, 3.63) is 41.0 Å². The van der Waals surface area contributed by atoms with Crippen LogP contribution in [0.2, 0.25) is 0 Å². The molecule has 33 heavy (non-hydrogen) atoms. The van der Waals surface area contributed by atoms with Gasteiger partial charge in [-0.3, -0.25) is 0 Å². The molecule has 0 bridgehead atoms. The van der Waals surface area contributed by atoms with Crippen LogP contribution in [0, 0.1) is 19.8 Å². The summed E-state index contributed by atoms with van der Waals surface area (Å²) in [5.41, 5.74) is 2.26. The number of nitrogens with one attached hydrogen (secondary N) is 2. The summed E-state index contributed by atoms with van der Waals surface area (Å²) in [4.78, 5) is 4.81. The molecular weight excluding hydrogens is 531 g/mol. The second-order valence-electron chi connectivity index (χ2n) is 8.51. The van der Waals surface area contributed by atoms with Crippen LogP contribution in [-0.2, 0) is 24.9 Å². The predicted octanol–water partition coefficient (Wildman–Crippen LogP) is 4.14. The Morgan fingerprint density at radius 1 is 1.12 bits per heavy atom. The van der Waals surface area contributed by atoms with Gasteiger partial charge in [0.05, 0.1) is 19.7 Å². The first-order chi connectivity index (χ1) is 15.4. The first kappa shape index (κ1) is 29.2. The Hall–Kier alpha value is -1.88. The number of benzene rings is 1. The van der Waals surface area contributed by atoms with Gasteiger partial charge >= 0.3 is 0 Å². The van der Waals surface area contributed by atoms with E-state index in [-0.39, 0.29) is 24.0 Å². The van der Waals surface area contributed by atoms with Crippen molar-refractivity contribution in [1.29, 1.82) is 0 Å². The van der Waals surface area contributed by atoms with E-state index in [0.717, 1.165) is 54.9 Å². The molecule has 2 rings (SSSR count). The quantitative estimate of drug-likeness (QED) is 0.163. The zero-order valence-corrected chi connectivity index (χ0v) is 23.3. The number of hydrogen-bond donors (Lipinski definition) is 2. The average molecular weight is 573 g/mol. The van der Waals surface area contributed by atoms with Gasteiger partial charge in [0.15, 0.2) is 11.8 Å². The molecule has 0 radical (unpaired) electrons. The fourth-order valence-electron chi connectivity index (χ4n) is 3.13. The normalized spacial score (nSPS) is 11.4. The largest absolute Gasteiger partial charge is 0.493 e. The van der Waals surface area contributed by atoms with Crippen LogP contribution in [0.5, 0.6) is 5.75 Å². The topological polar surface area (TPSA) is 85.6 Å². The van der Waals surface area contributed by atoms with E-state index in [1.165, 1.54) is 12.0 Å². The molecule has 0 amide bonds. The number of aryl methyl sites for hydroxylation is 2. The van der Waals surface area contributed by atoms with Gasteiger partial charge in [0.25, 0.3) is 0 Å². The highest BCUT2D eigenvalue weighted by molar-refractivity contribution is 14.0. The summed E-state index contributed by atoms with van der Waals surface area (Å²) in [6.07, 6.45) is 3.12. The monoisotopic (exact) mass is 572 g/mol. The van der Waals surface area contributed by atoms with Gasteiger partial charge in [0.1, 0.15) is 11.6 Å². The van der Waals surface area contributed by atoms with Crippen LogP contribution in [0.3, 0.4) is 0 Å². The molecule has 0 atom stereocenters. The summed E-state index contributed by atoms with van der Waals surface area (Å²) in [5.74, 6) is 4.08. The molecule has 1 heterocycles. The van der Waals surface area contributed by atoms with Crippen molar-refractivity contribution < 1.29 is 9.47 Å². The van der Waals surface area contributed by atoms with Gasteiger partial charge in [-0.25, -0.2) is 4.99 Å². The van der Waals surface area contributed by atoms with Crippen molar-refractivity contribution >= 4 is 29.9 Å².